The Hall–Kier alpha value is -1.55. The molecule has 1 aliphatic heterocycles. The molecule has 0 radical (unpaired) electrons. The van der Waals surface area contributed by atoms with Crippen LogP contribution in [0.25, 0.3) is 0 Å². The van der Waals surface area contributed by atoms with Gasteiger partial charge in [0.25, 0.3) is 5.91 Å². The Labute approximate surface area is 130 Å². The predicted octanol–water partition coefficient (Wildman–Crippen LogP) is 2.72. The highest BCUT2D eigenvalue weighted by Gasteiger charge is 2.24. The van der Waals surface area contributed by atoms with E-state index in [9.17, 15) is 9.59 Å². The highest BCUT2D eigenvalue weighted by molar-refractivity contribution is 6.30. The molecule has 0 saturated carbocycles. The summed E-state index contributed by atoms with van der Waals surface area (Å²) in [6.07, 6.45) is 1.61. The van der Waals surface area contributed by atoms with E-state index in [1.807, 2.05) is 18.7 Å². The fraction of sp³-hybridized carbons (Fsp3) is 0.500. The first-order chi connectivity index (χ1) is 9.97. The van der Waals surface area contributed by atoms with Gasteiger partial charge in [-0.2, -0.15) is 0 Å². The van der Waals surface area contributed by atoms with Crippen molar-refractivity contribution in [2.45, 2.75) is 32.7 Å². The third kappa shape index (κ3) is 4.21. The largest absolute Gasteiger partial charge is 0.353 e. The van der Waals surface area contributed by atoms with Crippen molar-refractivity contribution in [1.82, 2.24) is 10.2 Å². The van der Waals surface area contributed by atoms with Gasteiger partial charge in [0.05, 0.1) is 0 Å². The number of carbonyl (C=O) groups is 2. The average Bonchev–Trinajstić information content (AvgIpc) is 2.48. The fourth-order valence-corrected chi connectivity index (χ4v) is 2.50. The van der Waals surface area contributed by atoms with Crippen molar-refractivity contribution in [1.29, 1.82) is 0 Å². The van der Waals surface area contributed by atoms with Gasteiger partial charge in [0.2, 0.25) is 5.91 Å². The van der Waals surface area contributed by atoms with E-state index in [1.54, 1.807) is 24.3 Å². The monoisotopic (exact) mass is 308 g/mol. The van der Waals surface area contributed by atoms with Gasteiger partial charge >= 0.3 is 0 Å². The molecule has 114 valence electrons. The van der Waals surface area contributed by atoms with Gasteiger partial charge in [-0.15, -0.1) is 0 Å². The van der Waals surface area contributed by atoms with Crippen LogP contribution in [0.1, 0.15) is 37.0 Å². The van der Waals surface area contributed by atoms with Crippen LogP contribution in [0.15, 0.2) is 24.3 Å². The minimum absolute atomic E-state index is 0.00118. The maximum absolute atomic E-state index is 12.3. The van der Waals surface area contributed by atoms with Gasteiger partial charge in [0.1, 0.15) is 0 Å². The summed E-state index contributed by atoms with van der Waals surface area (Å²) in [5.74, 6) is 0.108. The maximum atomic E-state index is 12.3. The van der Waals surface area contributed by atoms with E-state index in [1.165, 1.54) is 0 Å². The van der Waals surface area contributed by atoms with Crippen LogP contribution >= 0.6 is 11.6 Å². The molecule has 0 spiro atoms. The zero-order valence-electron chi connectivity index (χ0n) is 12.4. The number of nitrogens with zero attached hydrogens (tertiary/aromatic N) is 1. The van der Waals surface area contributed by atoms with E-state index in [-0.39, 0.29) is 23.8 Å². The zero-order chi connectivity index (χ0) is 15.4. The molecular weight excluding hydrogens is 288 g/mol. The van der Waals surface area contributed by atoms with Gasteiger partial charge in [-0.05, 0) is 37.1 Å². The molecule has 1 saturated heterocycles. The van der Waals surface area contributed by atoms with Crippen molar-refractivity contribution >= 4 is 23.4 Å². The summed E-state index contributed by atoms with van der Waals surface area (Å²) in [5.41, 5.74) is 0.657. The highest BCUT2D eigenvalue weighted by Crippen LogP contribution is 2.16. The van der Waals surface area contributed by atoms with E-state index >= 15 is 0 Å². The second-order valence-electron chi connectivity index (χ2n) is 5.74. The number of halogens is 1. The molecule has 2 amide bonds. The molecule has 2 rings (SSSR count). The normalized spacial score (nSPS) is 16.1. The van der Waals surface area contributed by atoms with Crippen LogP contribution in [0.2, 0.25) is 5.02 Å². The predicted molar refractivity (Wildman–Crippen MR) is 83.4 cm³/mol. The van der Waals surface area contributed by atoms with Crippen molar-refractivity contribution in [3.63, 3.8) is 0 Å². The quantitative estimate of drug-likeness (QED) is 0.933. The fourth-order valence-electron chi connectivity index (χ4n) is 2.37. The molecule has 1 aromatic carbocycles. The Balaban J connectivity index is 1.87. The van der Waals surface area contributed by atoms with Crippen molar-refractivity contribution in [2.24, 2.45) is 5.92 Å². The first kappa shape index (κ1) is 15.8. The summed E-state index contributed by atoms with van der Waals surface area (Å²) in [7, 11) is 0. The summed E-state index contributed by atoms with van der Waals surface area (Å²) >= 11 is 5.83. The second kappa shape index (κ2) is 6.94. The standard InChI is InChI=1S/C16H21ClN2O2/c1-11(2)15(20)18-14-7-9-19(10-8-14)16(21)12-3-5-13(17)6-4-12/h3-6,11,14H,7-10H2,1-2H3,(H,18,20). The Bertz CT molecular complexity index is 506. The van der Waals surface area contributed by atoms with Crippen LogP contribution in [0, 0.1) is 5.92 Å². The van der Waals surface area contributed by atoms with E-state index in [2.05, 4.69) is 5.32 Å². The van der Waals surface area contributed by atoms with Crippen LogP contribution in [0.3, 0.4) is 0 Å². The topological polar surface area (TPSA) is 49.4 Å². The third-order valence-electron chi connectivity index (χ3n) is 3.74. The van der Waals surface area contributed by atoms with Gasteiger partial charge in [-0.25, -0.2) is 0 Å². The number of piperidine rings is 1. The summed E-state index contributed by atoms with van der Waals surface area (Å²) in [4.78, 5) is 25.9. The van der Waals surface area contributed by atoms with Crippen LogP contribution in [0.4, 0.5) is 0 Å². The minimum Gasteiger partial charge on any atom is -0.353 e. The number of rotatable bonds is 3. The number of carbonyl (C=O) groups excluding carboxylic acids is 2. The van der Waals surface area contributed by atoms with E-state index in [0.717, 1.165) is 12.8 Å². The van der Waals surface area contributed by atoms with Crippen LogP contribution < -0.4 is 5.32 Å². The van der Waals surface area contributed by atoms with Gasteiger partial charge in [-0.3, -0.25) is 9.59 Å². The molecule has 1 heterocycles. The molecule has 0 unspecified atom stereocenters. The molecular formula is C16H21ClN2O2. The lowest BCUT2D eigenvalue weighted by atomic mass is 10.0. The van der Waals surface area contributed by atoms with Crippen LogP contribution in [-0.2, 0) is 4.79 Å². The summed E-state index contributed by atoms with van der Waals surface area (Å²) in [6, 6.07) is 7.12. The summed E-state index contributed by atoms with van der Waals surface area (Å²) in [5, 5.41) is 3.66. The number of nitrogens with one attached hydrogen (secondary N) is 1. The van der Waals surface area contributed by atoms with Gasteiger partial charge in [0.15, 0.2) is 0 Å². The van der Waals surface area contributed by atoms with Gasteiger partial charge in [-0.1, -0.05) is 25.4 Å². The highest BCUT2D eigenvalue weighted by atomic mass is 35.5. The second-order valence-corrected chi connectivity index (χ2v) is 6.17. The lowest BCUT2D eigenvalue weighted by molar-refractivity contribution is -0.124. The van der Waals surface area contributed by atoms with E-state index in [0.29, 0.717) is 23.7 Å². The summed E-state index contributed by atoms with van der Waals surface area (Å²) in [6.45, 7) is 5.11. The molecule has 21 heavy (non-hydrogen) atoms. The number of benzene rings is 1. The SMILES string of the molecule is CC(C)C(=O)NC1CCN(C(=O)c2ccc(Cl)cc2)CC1. The van der Waals surface area contributed by atoms with E-state index < -0.39 is 0 Å². The first-order valence-corrected chi connectivity index (χ1v) is 7.70. The lowest BCUT2D eigenvalue weighted by Gasteiger charge is -2.32. The molecule has 1 N–H and O–H groups in total. The van der Waals surface area contributed by atoms with Crippen molar-refractivity contribution in [3.05, 3.63) is 34.9 Å². The third-order valence-corrected chi connectivity index (χ3v) is 4.00. The van der Waals surface area contributed by atoms with Crippen molar-refractivity contribution in [2.75, 3.05) is 13.1 Å². The van der Waals surface area contributed by atoms with Crippen LogP contribution in [-0.4, -0.2) is 35.8 Å². The summed E-state index contributed by atoms with van der Waals surface area (Å²) < 4.78 is 0. The Kier molecular flexibility index (Phi) is 5.23. The van der Waals surface area contributed by atoms with Crippen LogP contribution in [0.5, 0.6) is 0 Å². The lowest BCUT2D eigenvalue weighted by Crippen LogP contribution is -2.47. The smallest absolute Gasteiger partial charge is 0.253 e. The molecule has 0 atom stereocenters. The van der Waals surface area contributed by atoms with Gasteiger partial charge < -0.3 is 10.2 Å². The number of amides is 2. The van der Waals surface area contributed by atoms with E-state index in [4.69, 9.17) is 11.6 Å². The Morgan fingerprint density at radius 2 is 1.76 bits per heavy atom. The number of hydrogen-bond acceptors (Lipinski definition) is 2. The first-order valence-electron chi connectivity index (χ1n) is 7.32. The molecule has 0 aromatic heterocycles. The molecule has 1 fully saturated rings. The van der Waals surface area contributed by atoms with Crippen molar-refractivity contribution in [3.8, 4) is 0 Å². The Morgan fingerprint density at radius 3 is 2.29 bits per heavy atom. The zero-order valence-corrected chi connectivity index (χ0v) is 13.2. The molecule has 5 heteroatoms. The minimum atomic E-state index is -0.00118. The number of likely N-dealkylation sites (tertiary alicyclic amines) is 1. The average molecular weight is 309 g/mol. The Morgan fingerprint density at radius 1 is 1.19 bits per heavy atom. The molecule has 0 aliphatic carbocycles. The maximum Gasteiger partial charge on any atom is 0.253 e. The molecule has 0 bridgehead atoms. The molecule has 1 aromatic rings. The van der Waals surface area contributed by atoms with Crippen molar-refractivity contribution < 1.29 is 9.59 Å². The molecule has 4 nitrogen and oxygen atoms in total. The number of hydrogen-bond donors (Lipinski definition) is 1. The van der Waals surface area contributed by atoms with Gasteiger partial charge in [0, 0.05) is 35.6 Å². The molecule has 1 aliphatic rings.